The van der Waals surface area contributed by atoms with Crippen LogP contribution in [0.5, 0.6) is 0 Å². The molecule has 7 amide bonds. The highest BCUT2D eigenvalue weighted by Crippen LogP contribution is 2.46. The highest BCUT2D eigenvalue weighted by Gasteiger charge is 2.41. The number of azo groups is 1. The number of nitro groups is 1. The lowest BCUT2D eigenvalue weighted by molar-refractivity contribution is -0.384. The second-order valence-electron chi connectivity index (χ2n) is 20.7. The SMILES string of the molecule is CCN(CCOC(=O)CCC(=O)N1C[C@@H](NC(=O)[C@@H](CC(N)=O)NC(=O)OCC2c3ccccc3-c3ccccc32)[C@H](NC(=O)[C@@H](CC(N)=O)NC(=O)OCC2c3ccccc3-c3ccccc32)C1)c1ccc(N=Nc2ccc([N+](=O)[O-])cc2)cc1. The van der Waals surface area contributed by atoms with E-state index in [1.165, 1.54) is 29.2 Å². The Labute approximate surface area is 493 Å². The average molecular weight is 1170 g/mol. The number of hydrogen-bond donors (Lipinski definition) is 6. The maximum absolute atomic E-state index is 14.2. The molecule has 9 rings (SSSR count). The van der Waals surface area contributed by atoms with Gasteiger partial charge in [0.05, 0.1) is 54.2 Å². The van der Waals surface area contributed by atoms with E-state index < -0.39 is 89.6 Å². The molecule has 0 saturated carbocycles. The number of fused-ring (bicyclic) bond motifs is 6. The van der Waals surface area contributed by atoms with Gasteiger partial charge in [0, 0.05) is 55.7 Å². The monoisotopic (exact) mass is 1170 g/mol. The van der Waals surface area contributed by atoms with Crippen molar-refractivity contribution < 1.29 is 57.5 Å². The third-order valence-electron chi connectivity index (χ3n) is 15.1. The lowest BCUT2D eigenvalue weighted by Gasteiger charge is -2.26. The molecule has 2 aliphatic carbocycles. The molecule has 0 radical (unpaired) electrons. The van der Waals surface area contributed by atoms with Crippen molar-refractivity contribution >= 4 is 70.4 Å². The second-order valence-corrected chi connectivity index (χ2v) is 20.7. The highest BCUT2D eigenvalue weighted by atomic mass is 16.6. The van der Waals surface area contributed by atoms with Crippen molar-refractivity contribution in [1.82, 2.24) is 26.2 Å². The van der Waals surface area contributed by atoms with E-state index in [-0.39, 0.29) is 63.3 Å². The third-order valence-corrected chi connectivity index (χ3v) is 15.1. The van der Waals surface area contributed by atoms with Crippen molar-refractivity contribution in [2.24, 2.45) is 21.7 Å². The first-order valence-electron chi connectivity index (χ1n) is 27.9. The van der Waals surface area contributed by atoms with Gasteiger partial charge in [-0.15, -0.1) is 0 Å². The van der Waals surface area contributed by atoms with Crippen LogP contribution in [-0.4, -0.2) is 128 Å². The van der Waals surface area contributed by atoms with Crippen LogP contribution in [-0.2, 0) is 43.0 Å². The number of ether oxygens (including phenoxy) is 3. The summed E-state index contributed by atoms with van der Waals surface area (Å²) in [6, 6.07) is 38.1. The first-order chi connectivity index (χ1) is 41.5. The van der Waals surface area contributed by atoms with Crippen LogP contribution in [0.15, 0.2) is 156 Å². The van der Waals surface area contributed by atoms with Crippen LogP contribution in [0.4, 0.5) is 32.3 Å². The zero-order valence-corrected chi connectivity index (χ0v) is 46.8. The lowest BCUT2D eigenvalue weighted by atomic mass is 9.98. The molecule has 3 aliphatic rings. The number of likely N-dealkylation sites (N-methyl/N-ethyl adjacent to an activating group) is 1. The average Bonchev–Trinajstić information content (AvgIpc) is 1.77. The number of primary amides is 2. The lowest BCUT2D eigenvalue weighted by Crippen LogP contribution is -2.58. The number of benzene rings is 6. The van der Waals surface area contributed by atoms with E-state index in [4.69, 9.17) is 25.7 Å². The summed E-state index contributed by atoms with van der Waals surface area (Å²) in [6.45, 7) is 2.02. The maximum Gasteiger partial charge on any atom is 0.407 e. The van der Waals surface area contributed by atoms with Gasteiger partial charge in [-0.05, 0) is 87.8 Å². The summed E-state index contributed by atoms with van der Waals surface area (Å²) in [5.74, 6) is -5.63. The van der Waals surface area contributed by atoms with Crippen molar-refractivity contribution in [1.29, 1.82) is 0 Å². The molecular weight excluding hydrogens is 1110 g/mol. The van der Waals surface area contributed by atoms with Crippen LogP contribution >= 0.6 is 0 Å². The zero-order valence-electron chi connectivity index (χ0n) is 46.8. The van der Waals surface area contributed by atoms with E-state index >= 15 is 0 Å². The molecule has 4 atom stereocenters. The molecule has 6 aromatic rings. The molecule has 1 saturated heterocycles. The van der Waals surface area contributed by atoms with Gasteiger partial charge in [0.25, 0.3) is 5.69 Å². The van der Waals surface area contributed by atoms with Crippen molar-refractivity contribution in [2.45, 2.75) is 68.6 Å². The van der Waals surface area contributed by atoms with Crippen LogP contribution in [0.3, 0.4) is 0 Å². The van der Waals surface area contributed by atoms with E-state index in [0.717, 1.165) is 50.2 Å². The van der Waals surface area contributed by atoms with Crippen LogP contribution < -0.4 is 37.6 Å². The summed E-state index contributed by atoms with van der Waals surface area (Å²) >= 11 is 0. The minimum atomic E-state index is -1.59. The number of carbonyl (C=O) groups is 8. The molecule has 1 aliphatic heterocycles. The zero-order chi connectivity index (χ0) is 60.9. The van der Waals surface area contributed by atoms with E-state index in [0.29, 0.717) is 24.5 Å². The predicted molar refractivity (Wildman–Crippen MR) is 314 cm³/mol. The molecule has 24 nitrogen and oxygen atoms in total. The number of nitrogens with zero attached hydrogens (tertiary/aromatic N) is 5. The first kappa shape index (κ1) is 60.1. The molecule has 1 heterocycles. The molecule has 6 aromatic carbocycles. The molecule has 0 unspecified atom stereocenters. The number of nitro benzene ring substituents is 1. The van der Waals surface area contributed by atoms with Crippen molar-refractivity contribution in [2.75, 3.05) is 50.9 Å². The van der Waals surface area contributed by atoms with Crippen molar-refractivity contribution in [3.8, 4) is 22.3 Å². The predicted octanol–water partition coefficient (Wildman–Crippen LogP) is 6.54. The Morgan fingerprint density at radius 2 is 1.00 bits per heavy atom. The Bertz CT molecular complexity index is 3320. The van der Waals surface area contributed by atoms with Gasteiger partial charge in [-0.2, -0.15) is 10.2 Å². The van der Waals surface area contributed by atoms with E-state index in [9.17, 15) is 48.5 Å². The number of nitrogens with one attached hydrogen (secondary N) is 4. The number of hydrogen-bond acceptors (Lipinski definition) is 16. The fourth-order valence-electron chi connectivity index (χ4n) is 10.9. The van der Waals surface area contributed by atoms with Gasteiger partial charge < -0.3 is 56.7 Å². The van der Waals surface area contributed by atoms with Gasteiger partial charge in [0.1, 0.15) is 31.9 Å². The van der Waals surface area contributed by atoms with Gasteiger partial charge in [-0.3, -0.25) is 38.9 Å². The number of likely N-dealkylation sites (tertiary alicyclic amines) is 1. The molecule has 8 N–H and O–H groups in total. The molecule has 444 valence electrons. The molecule has 86 heavy (non-hydrogen) atoms. The maximum atomic E-state index is 14.2. The summed E-state index contributed by atoms with van der Waals surface area (Å²) in [5, 5.41) is 29.6. The molecule has 0 spiro atoms. The number of non-ortho nitro benzene ring substituents is 1. The van der Waals surface area contributed by atoms with E-state index in [2.05, 4.69) is 31.5 Å². The number of carbonyl (C=O) groups excluding carboxylic acids is 8. The fourth-order valence-corrected chi connectivity index (χ4v) is 10.9. The van der Waals surface area contributed by atoms with Gasteiger partial charge in [0.15, 0.2) is 0 Å². The summed E-state index contributed by atoms with van der Waals surface area (Å²) < 4.78 is 16.9. The van der Waals surface area contributed by atoms with Crippen LogP contribution in [0, 0.1) is 10.1 Å². The van der Waals surface area contributed by atoms with Crippen molar-refractivity contribution in [3.63, 3.8) is 0 Å². The van der Waals surface area contributed by atoms with Gasteiger partial charge in [-0.1, -0.05) is 97.1 Å². The first-order valence-corrected chi connectivity index (χ1v) is 27.9. The van der Waals surface area contributed by atoms with Gasteiger partial charge >= 0.3 is 18.2 Å². The number of esters is 1. The smallest absolute Gasteiger partial charge is 0.407 e. The Morgan fingerprint density at radius 1 is 0.593 bits per heavy atom. The van der Waals surface area contributed by atoms with Crippen LogP contribution in [0.25, 0.3) is 22.3 Å². The standard InChI is InChI=1S/C62H63N11O13/c1-2-71(39-23-19-37(20-24-39)69-70-38-21-25-40(26-22-38)73(82)83)29-30-84-58(77)28-27-57(76)72-33-53(65-59(78)51(31-55(63)74)67-61(80)85-35-49-45-15-7-3-11-41(45)42-12-4-8-16-46(42)49)54(34-72)66-60(79)52(32-56(64)75)68-62(81)86-36-50-47-17-9-5-13-43(47)44-14-6-10-18-48(44)50/h3-26,49-54H,2,27-36H2,1H3,(H2,63,74)(H2,64,75)(H,65,78)(H,66,79)(H,67,80)(H,68,81)/t51-,52-,53-,54-/m1/s1. The second kappa shape index (κ2) is 27.7. The summed E-state index contributed by atoms with van der Waals surface area (Å²) in [4.78, 5) is 121. The fraction of sp³-hybridized carbons (Fsp3) is 0.290. The third kappa shape index (κ3) is 14.8. The topological polar surface area (TPSA) is 339 Å². The van der Waals surface area contributed by atoms with Gasteiger partial charge in [0.2, 0.25) is 29.5 Å². The molecule has 0 aromatic heterocycles. The summed E-state index contributed by atoms with van der Waals surface area (Å²) in [5.41, 5.74) is 20.6. The normalized spacial score (nSPS) is 15.4. The van der Waals surface area contributed by atoms with Crippen LogP contribution in [0.1, 0.15) is 66.7 Å². The summed E-state index contributed by atoms with van der Waals surface area (Å²) in [6.07, 6.45) is -4.06. The van der Waals surface area contributed by atoms with Crippen LogP contribution in [0.2, 0.25) is 0 Å². The quantitative estimate of drug-likeness (QED) is 0.0117. The number of amides is 7. The highest BCUT2D eigenvalue weighted by molar-refractivity contribution is 5.93. The molecule has 0 bridgehead atoms. The largest absolute Gasteiger partial charge is 0.464 e. The van der Waals surface area contributed by atoms with Gasteiger partial charge in [-0.25, -0.2) is 9.59 Å². The number of rotatable bonds is 25. The number of nitrogens with two attached hydrogens (primary N) is 2. The Hall–Kier alpha value is -10.5. The van der Waals surface area contributed by atoms with E-state index in [1.54, 1.807) is 12.1 Å². The Kier molecular flexibility index (Phi) is 19.4. The minimum Gasteiger partial charge on any atom is -0.464 e. The molecule has 1 fully saturated rings. The minimum absolute atomic E-state index is 0.0263. The van der Waals surface area contributed by atoms with Crippen molar-refractivity contribution in [3.05, 3.63) is 178 Å². The Balaban J connectivity index is 0.829. The number of alkyl carbamates (subject to hydrolysis) is 2. The Morgan fingerprint density at radius 3 is 1.40 bits per heavy atom. The summed E-state index contributed by atoms with van der Waals surface area (Å²) in [7, 11) is 0. The van der Waals surface area contributed by atoms with E-state index in [1.807, 2.05) is 121 Å². The molecular formula is C62H63N11O13. The number of anilines is 1. The molecule has 24 heteroatoms.